The maximum absolute atomic E-state index is 12.9. The standard InChI is InChI=1S/C22H41NO/c24-22(20-16-12-8-4-1-2-5-9-13-17-20)23-21-18-14-10-6-3-7-11-15-19-21/h20-21H,1-19H2,(H,23,24). The lowest BCUT2D eigenvalue weighted by Crippen LogP contribution is -2.39. The van der Waals surface area contributed by atoms with Crippen molar-refractivity contribution in [2.75, 3.05) is 0 Å². The van der Waals surface area contributed by atoms with E-state index >= 15 is 0 Å². The summed E-state index contributed by atoms with van der Waals surface area (Å²) in [5, 5.41) is 3.47. The van der Waals surface area contributed by atoms with Crippen LogP contribution in [0.4, 0.5) is 0 Å². The average molecular weight is 336 g/mol. The number of hydrogen-bond acceptors (Lipinski definition) is 1. The van der Waals surface area contributed by atoms with E-state index in [1.807, 2.05) is 0 Å². The molecule has 2 heteroatoms. The molecule has 0 aromatic carbocycles. The molecule has 0 unspecified atom stereocenters. The Bertz CT molecular complexity index is 306. The molecule has 0 aliphatic heterocycles. The molecule has 2 nitrogen and oxygen atoms in total. The third kappa shape index (κ3) is 8.53. The molecule has 0 atom stereocenters. The van der Waals surface area contributed by atoms with Gasteiger partial charge < -0.3 is 5.32 Å². The van der Waals surface area contributed by atoms with E-state index in [1.54, 1.807) is 0 Å². The van der Waals surface area contributed by atoms with E-state index in [2.05, 4.69) is 5.32 Å². The van der Waals surface area contributed by atoms with Crippen LogP contribution >= 0.6 is 0 Å². The van der Waals surface area contributed by atoms with Crippen molar-refractivity contribution in [1.29, 1.82) is 0 Å². The van der Waals surface area contributed by atoms with Crippen molar-refractivity contribution >= 4 is 5.91 Å². The summed E-state index contributed by atoms with van der Waals surface area (Å²) in [5.41, 5.74) is 0. The minimum atomic E-state index is 0.290. The van der Waals surface area contributed by atoms with Crippen LogP contribution < -0.4 is 5.32 Å². The van der Waals surface area contributed by atoms with E-state index in [0.717, 1.165) is 12.8 Å². The van der Waals surface area contributed by atoms with Crippen molar-refractivity contribution in [1.82, 2.24) is 5.32 Å². The zero-order valence-electron chi connectivity index (χ0n) is 16.0. The van der Waals surface area contributed by atoms with Crippen molar-refractivity contribution in [3.63, 3.8) is 0 Å². The summed E-state index contributed by atoms with van der Waals surface area (Å²) in [6, 6.07) is 0.453. The molecule has 0 heterocycles. The van der Waals surface area contributed by atoms with Crippen LogP contribution in [0.15, 0.2) is 0 Å². The third-order valence-corrected chi connectivity index (χ3v) is 6.18. The Labute approximate surface area is 150 Å². The van der Waals surface area contributed by atoms with Gasteiger partial charge in [0.25, 0.3) is 0 Å². The molecule has 24 heavy (non-hydrogen) atoms. The van der Waals surface area contributed by atoms with E-state index in [1.165, 1.54) is 109 Å². The molecule has 2 saturated carbocycles. The monoisotopic (exact) mass is 335 g/mol. The van der Waals surface area contributed by atoms with Gasteiger partial charge in [-0.3, -0.25) is 4.79 Å². The molecule has 1 amide bonds. The SMILES string of the molecule is O=C(NC1CCCCCCCCC1)C1CCCCCCCCCC1. The van der Waals surface area contributed by atoms with Crippen molar-refractivity contribution in [2.24, 2.45) is 5.92 Å². The first kappa shape index (κ1) is 19.8. The van der Waals surface area contributed by atoms with Crippen LogP contribution in [-0.2, 0) is 4.79 Å². The highest BCUT2D eigenvalue weighted by atomic mass is 16.1. The van der Waals surface area contributed by atoms with E-state index in [0.29, 0.717) is 17.9 Å². The minimum absolute atomic E-state index is 0.290. The van der Waals surface area contributed by atoms with Crippen molar-refractivity contribution < 1.29 is 4.79 Å². The van der Waals surface area contributed by atoms with Crippen molar-refractivity contribution in [3.8, 4) is 0 Å². The summed E-state index contributed by atoms with van der Waals surface area (Å²) in [4.78, 5) is 12.9. The maximum atomic E-state index is 12.9. The van der Waals surface area contributed by atoms with E-state index in [-0.39, 0.29) is 0 Å². The molecule has 2 fully saturated rings. The number of carbonyl (C=O) groups is 1. The van der Waals surface area contributed by atoms with Crippen LogP contribution in [0, 0.1) is 5.92 Å². The van der Waals surface area contributed by atoms with E-state index in [9.17, 15) is 4.79 Å². The van der Waals surface area contributed by atoms with E-state index in [4.69, 9.17) is 0 Å². The Hall–Kier alpha value is -0.530. The van der Waals surface area contributed by atoms with Gasteiger partial charge >= 0.3 is 0 Å². The highest BCUT2D eigenvalue weighted by Gasteiger charge is 2.21. The molecule has 0 spiro atoms. The summed E-state index contributed by atoms with van der Waals surface area (Å²) in [6.07, 6.45) is 24.9. The highest BCUT2D eigenvalue weighted by Crippen LogP contribution is 2.23. The second-order valence-electron chi connectivity index (χ2n) is 8.36. The lowest BCUT2D eigenvalue weighted by molar-refractivity contribution is -0.126. The van der Waals surface area contributed by atoms with Crippen LogP contribution in [0.3, 0.4) is 0 Å². The predicted molar refractivity (Wildman–Crippen MR) is 103 cm³/mol. The average Bonchev–Trinajstić information content (AvgIpc) is 2.66. The second kappa shape index (κ2) is 12.8. The number of rotatable bonds is 2. The first-order valence-corrected chi connectivity index (χ1v) is 11.2. The molecule has 2 aliphatic rings. The number of hydrogen-bond donors (Lipinski definition) is 1. The van der Waals surface area contributed by atoms with Gasteiger partial charge in [-0.1, -0.05) is 96.3 Å². The van der Waals surface area contributed by atoms with Crippen LogP contribution in [0.25, 0.3) is 0 Å². The molecule has 2 rings (SSSR count). The minimum Gasteiger partial charge on any atom is -0.353 e. The van der Waals surface area contributed by atoms with Crippen LogP contribution in [-0.4, -0.2) is 11.9 Å². The molecule has 2 aliphatic carbocycles. The fourth-order valence-electron chi connectivity index (χ4n) is 4.52. The summed E-state index contributed by atoms with van der Waals surface area (Å²) in [5.74, 6) is 0.676. The maximum Gasteiger partial charge on any atom is 0.223 e. The molecular formula is C22H41NO. The van der Waals surface area contributed by atoms with Crippen LogP contribution in [0.1, 0.15) is 122 Å². The van der Waals surface area contributed by atoms with Crippen LogP contribution in [0.5, 0.6) is 0 Å². The normalized spacial score (nSPS) is 24.7. The Morgan fingerprint density at radius 1 is 0.500 bits per heavy atom. The molecular weight excluding hydrogens is 294 g/mol. The second-order valence-corrected chi connectivity index (χ2v) is 8.36. The predicted octanol–water partition coefficient (Wildman–Crippen LogP) is 6.53. The zero-order valence-corrected chi connectivity index (χ0v) is 16.0. The Morgan fingerprint density at radius 2 is 0.833 bits per heavy atom. The van der Waals surface area contributed by atoms with Gasteiger partial charge in [0, 0.05) is 12.0 Å². The Balaban J connectivity index is 1.79. The van der Waals surface area contributed by atoms with Gasteiger partial charge in [-0.05, 0) is 25.7 Å². The van der Waals surface area contributed by atoms with Gasteiger partial charge in [0.15, 0.2) is 0 Å². The van der Waals surface area contributed by atoms with Gasteiger partial charge in [-0.2, -0.15) is 0 Å². The fraction of sp³-hybridized carbons (Fsp3) is 0.955. The van der Waals surface area contributed by atoms with Crippen LogP contribution in [0.2, 0.25) is 0 Å². The highest BCUT2D eigenvalue weighted by molar-refractivity contribution is 5.78. The van der Waals surface area contributed by atoms with Crippen molar-refractivity contribution in [3.05, 3.63) is 0 Å². The molecule has 0 aromatic rings. The molecule has 0 aromatic heterocycles. The van der Waals surface area contributed by atoms with Gasteiger partial charge in [-0.15, -0.1) is 0 Å². The zero-order chi connectivity index (χ0) is 16.9. The smallest absolute Gasteiger partial charge is 0.223 e. The van der Waals surface area contributed by atoms with Gasteiger partial charge in [0.2, 0.25) is 5.91 Å². The largest absolute Gasteiger partial charge is 0.353 e. The van der Waals surface area contributed by atoms with Gasteiger partial charge in [-0.25, -0.2) is 0 Å². The molecule has 140 valence electrons. The van der Waals surface area contributed by atoms with Gasteiger partial charge in [0.05, 0.1) is 0 Å². The summed E-state index contributed by atoms with van der Waals surface area (Å²) in [6.45, 7) is 0. The molecule has 1 N–H and O–H groups in total. The van der Waals surface area contributed by atoms with Gasteiger partial charge in [0.1, 0.15) is 0 Å². The lowest BCUT2D eigenvalue weighted by atomic mass is 9.93. The number of carbonyl (C=O) groups excluding carboxylic acids is 1. The molecule has 0 saturated heterocycles. The number of nitrogens with one attached hydrogen (secondary N) is 1. The fourth-order valence-corrected chi connectivity index (χ4v) is 4.52. The molecule has 0 bridgehead atoms. The first-order chi connectivity index (χ1) is 11.9. The van der Waals surface area contributed by atoms with Crippen molar-refractivity contribution in [2.45, 2.75) is 128 Å². The summed E-state index contributed by atoms with van der Waals surface area (Å²) >= 11 is 0. The summed E-state index contributed by atoms with van der Waals surface area (Å²) < 4.78 is 0. The third-order valence-electron chi connectivity index (χ3n) is 6.18. The summed E-state index contributed by atoms with van der Waals surface area (Å²) in [7, 11) is 0. The lowest BCUT2D eigenvalue weighted by Gasteiger charge is -2.24. The van der Waals surface area contributed by atoms with E-state index < -0.39 is 0 Å². The number of amides is 1. The molecule has 0 radical (unpaired) electrons. The topological polar surface area (TPSA) is 29.1 Å². The first-order valence-electron chi connectivity index (χ1n) is 11.2. The Morgan fingerprint density at radius 3 is 1.25 bits per heavy atom. The quantitative estimate of drug-likeness (QED) is 0.611. The Kier molecular flexibility index (Phi) is 10.5.